The van der Waals surface area contributed by atoms with E-state index in [1.54, 1.807) is 18.3 Å². The average Bonchev–Trinajstić information content (AvgIpc) is 3.11. The number of aromatic nitrogens is 2. The van der Waals surface area contributed by atoms with Gasteiger partial charge in [-0.05, 0) is 42.8 Å². The lowest BCUT2D eigenvalue weighted by Crippen LogP contribution is -2.04. The third kappa shape index (κ3) is 3.15. The molecule has 2 aromatic heterocycles. The largest absolute Gasteiger partial charge is 0.478 e. The predicted molar refractivity (Wildman–Crippen MR) is 108 cm³/mol. The van der Waals surface area contributed by atoms with Gasteiger partial charge in [0.1, 0.15) is 11.4 Å². The Kier molecular flexibility index (Phi) is 4.34. The van der Waals surface area contributed by atoms with Gasteiger partial charge in [-0.3, -0.25) is 0 Å². The highest BCUT2D eigenvalue weighted by Crippen LogP contribution is 2.34. The molecule has 0 saturated heterocycles. The number of fused-ring (bicyclic) bond motifs is 1. The van der Waals surface area contributed by atoms with E-state index in [-0.39, 0.29) is 5.56 Å². The molecule has 5 heteroatoms. The Morgan fingerprint density at radius 3 is 2.67 bits per heavy atom. The summed E-state index contributed by atoms with van der Waals surface area (Å²) in [5.74, 6) is -0.676. The highest BCUT2D eigenvalue weighted by Gasteiger charge is 2.14. The Morgan fingerprint density at radius 2 is 1.93 bits per heavy atom. The lowest BCUT2D eigenvalue weighted by Gasteiger charge is -2.13. The molecule has 2 aromatic carbocycles. The minimum Gasteiger partial charge on any atom is -0.478 e. The number of hydrogen-bond acceptors (Lipinski definition) is 3. The number of benzene rings is 2. The van der Waals surface area contributed by atoms with Gasteiger partial charge in [-0.15, -0.1) is 0 Å². The number of nitrogens with one attached hydrogen (secondary N) is 1. The van der Waals surface area contributed by atoms with E-state index in [1.807, 2.05) is 30.3 Å². The van der Waals surface area contributed by atoms with Crippen molar-refractivity contribution in [1.29, 1.82) is 0 Å². The molecule has 0 fully saturated rings. The summed E-state index contributed by atoms with van der Waals surface area (Å²) in [7, 11) is 0. The van der Waals surface area contributed by atoms with Gasteiger partial charge in [0, 0.05) is 35.6 Å². The number of pyridine rings is 1. The number of carbonyl (C=O) groups is 1. The summed E-state index contributed by atoms with van der Waals surface area (Å²) in [4.78, 5) is 15.7. The van der Waals surface area contributed by atoms with Crippen LogP contribution in [0.1, 0.15) is 17.3 Å². The molecule has 4 rings (SSSR count). The van der Waals surface area contributed by atoms with Crippen LogP contribution in [0.15, 0.2) is 73.1 Å². The van der Waals surface area contributed by atoms with Crippen LogP contribution in [-0.2, 0) is 6.54 Å². The van der Waals surface area contributed by atoms with Crippen molar-refractivity contribution in [2.75, 3.05) is 5.32 Å². The van der Waals surface area contributed by atoms with E-state index >= 15 is 0 Å². The van der Waals surface area contributed by atoms with Crippen molar-refractivity contribution in [2.45, 2.75) is 13.5 Å². The lowest BCUT2D eigenvalue weighted by atomic mass is 10.0. The SMILES string of the molecule is CCn1ccc2cc(Nc3ncccc3C(=O)O)cc(-c3ccccc3)c21. The summed E-state index contributed by atoms with van der Waals surface area (Å²) in [6.07, 6.45) is 3.66. The van der Waals surface area contributed by atoms with Gasteiger partial charge in [0.25, 0.3) is 0 Å². The van der Waals surface area contributed by atoms with E-state index in [2.05, 4.69) is 46.2 Å². The van der Waals surface area contributed by atoms with E-state index in [9.17, 15) is 9.90 Å². The number of aromatic carboxylic acids is 1. The smallest absolute Gasteiger partial charge is 0.339 e. The molecule has 134 valence electrons. The van der Waals surface area contributed by atoms with E-state index < -0.39 is 5.97 Å². The fourth-order valence-corrected chi connectivity index (χ4v) is 3.34. The molecule has 5 nitrogen and oxygen atoms in total. The van der Waals surface area contributed by atoms with Crippen molar-refractivity contribution < 1.29 is 9.90 Å². The number of hydrogen-bond donors (Lipinski definition) is 2. The van der Waals surface area contributed by atoms with Crippen LogP contribution in [0.2, 0.25) is 0 Å². The van der Waals surface area contributed by atoms with Crippen LogP contribution in [0.25, 0.3) is 22.0 Å². The van der Waals surface area contributed by atoms with Gasteiger partial charge >= 0.3 is 5.97 Å². The molecule has 0 unspecified atom stereocenters. The second-order valence-electron chi connectivity index (χ2n) is 6.26. The van der Waals surface area contributed by atoms with Crippen molar-refractivity contribution in [3.63, 3.8) is 0 Å². The molecule has 2 N–H and O–H groups in total. The lowest BCUT2D eigenvalue weighted by molar-refractivity contribution is 0.0697. The van der Waals surface area contributed by atoms with E-state index in [0.717, 1.165) is 34.3 Å². The maximum atomic E-state index is 11.5. The number of rotatable bonds is 5. The fourth-order valence-electron chi connectivity index (χ4n) is 3.34. The van der Waals surface area contributed by atoms with Gasteiger partial charge in [0.05, 0.1) is 5.52 Å². The Labute approximate surface area is 156 Å². The van der Waals surface area contributed by atoms with Crippen LogP contribution >= 0.6 is 0 Å². The third-order valence-electron chi connectivity index (χ3n) is 4.59. The third-order valence-corrected chi connectivity index (χ3v) is 4.59. The van der Waals surface area contributed by atoms with Gasteiger partial charge < -0.3 is 15.0 Å². The number of carboxylic acids is 1. The van der Waals surface area contributed by atoms with Crippen LogP contribution in [0, 0.1) is 0 Å². The first kappa shape index (κ1) is 16.8. The second-order valence-corrected chi connectivity index (χ2v) is 6.26. The Bertz CT molecular complexity index is 1120. The molecule has 0 atom stereocenters. The summed E-state index contributed by atoms with van der Waals surface area (Å²) >= 11 is 0. The van der Waals surface area contributed by atoms with Gasteiger partial charge in [0.15, 0.2) is 0 Å². The van der Waals surface area contributed by atoms with Crippen LogP contribution < -0.4 is 5.32 Å². The molecule has 0 aliphatic heterocycles. The normalized spacial score (nSPS) is 10.9. The fraction of sp³-hybridized carbons (Fsp3) is 0.0909. The topological polar surface area (TPSA) is 67.2 Å². The van der Waals surface area contributed by atoms with Crippen LogP contribution in [0.3, 0.4) is 0 Å². The highest BCUT2D eigenvalue weighted by molar-refractivity contribution is 5.99. The Morgan fingerprint density at radius 1 is 1.11 bits per heavy atom. The Balaban J connectivity index is 1.87. The zero-order valence-electron chi connectivity index (χ0n) is 14.9. The molecule has 0 aliphatic carbocycles. The first-order valence-electron chi connectivity index (χ1n) is 8.81. The molecular formula is C22H19N3O2. The Hall–Kier alpha value is -3.60. The van der Waals surface area contributed by atoms with Crippen molar-refractivity contribution in [3.05, 3.63) is 78.6 Å². The summed E-state index contributed by atoms with van der Waals surface area (Å²) in [5, 5.41) is 13.7. The highest BCUT2D eigenvalue weighted by atomic mass is 16.4. The molecule has 4 aromatic rings. The average molecular weight is 357 g/mol. The monoisotopic (exact) mass is 357 g/mol. The predicted octanol–water partition coefficient (Wildman–Crippen LogP) is 5.17. The van der Waals surface area contributed by atoms with Gasteiger partial charge in [-0.2, -0.15) is 0 Å². The maximum Gasteiger partial charge on any atom is 0.339 e. The molecular weight excluding hydrogens is 338 g/mol. The maximum absolute atomic E-state index is 11.5. The van der Waals surface area contributed by atoms with Gasteiger partial charge in [-0.1, -0.05) is 30.3 Å². The molecule has 2 heterocycles. The minimum atomic E-state index is -1.01. The quantitative estimate of drug-likeness (QED) is 0.517. The molecule has 0 bridgehead atoms. The van der Waals surface area contributed by atoms with E-state index in [4.69, 9.17) is 0 Å². The van der Waals surface area contributed by atoms with Crippen LogP contribution in [0.5, 0.6) is 0 Å². The van der Waals surface area contributed by atoms with Gasteiger partial charge in [-0.25, -0.2) is 9.78 Å². The molecule has 0 saturated carbocycles. The summed E-state index contributed by atoms with van der Waals surface area (Å²) in [6.45, 7) is 2.99. The van der Waals surface area contributed by atoms with Crippen molar-refractivity contribution >= 4 is 28.4 Å². The molecule has 0 aliphatic rings. The zero-order valence-corrected chi connectivity index (χ0v) is 14.9. The first-order valence-corrected chi connectivity index (χ1v) is 8.81. The van der Waals surface area contributed by atoms with Crippen molar-refractivity contribution in [3.8, 4) is 11.1 Å². The summed E-state index contributed by atoms with van der Waals surface area (Å²) < 4.78 is 2.21. The zero-order chi connectivity index (χ0) is 18.8. The number of carboxylic acid groups (broad SMARTS) is 1. The second kappa shape index (κ2) is 6.96. The number of nitrogens with zero attached hydrogens (tertiary/aromatic N) is 2. The van der Waals surface area contributed by atoms with Crippen molar-refractivity contribution in [2.24, 2.45) is 0 Å². The molecule has 27 heavy (non-hydrogen) atoms. The van der Waals surface area contributed by atoms with Gasteiger partial charge in [0.2, 0.25) is 0 Å². The standard InChI is InChI=1S/C22H19N3O2/c1-2-25-12-10-16-13-17(24-21-18(22(26)27)9-6-11-23-21)14-19(20(16)25)15-7-4-3-5-8-15/h3-14H,2H2,1H3,(H,23,24)(H,26,27). The summed E-state index contributed by atoms with van der Waals surface area (Å²) in [6, 6.07) is 19.5. The number of anilines is 2. The number of aryl methyl sites for hydroxylation is 1. The molecule has 0 radical (unpaired) electrons. The van der Waals surface area contributed by atoms with Crippen LogP contribution in [0.4, 0.5) is 11.5 Å². The van der Waals surface area contributed by atoms with Crippen molar-refractivity contribution in [1.82, 2.24) is 9.55 Å². The summed E-state index contributed by atoms with van der Waals surface area (Å²) in [5.41, 5.74) is 4.31. The first-order chi connectivity index (χ1) is 13.2. The molecule has 0 spiro atoms. The van der Waals surface area contributed by atoms with E-state index in [1.165, 1.54) is 0 Å². The molecule has 0 amide bonds. The van der Waals surface area contributed by atoms with Crippen LogP contribution in [-0.4, -0.2) is 20.6 Å². The minimum absolute atomic E-state index is 0.144. The van der Waals surface area contributed by atoms with E-state index in [0.29, 0.717) is 5.82 Å².